The third-order valence-electron chi connectivity index (χ3n) is 5.00. The van der Waals surface area contributed by atoms with Gasteiger partial charge in [-0.25, -0.2) is 4.98 Å². The first-order valence-electron chi connectivity index (χ1n) is 9.68. The van der Waals surface area contributed by atoms with Crippen molar-refractivity contribution < 1.29 is 4.74 Å². The van der Waals surface area contributed by atoms with Crippen molar-refractivity contribution in [2.24, 2.45) is 10.9 Å². The monoisotopic (exact) mass is 381 g/mol. The number of hydrogen-bond acceptors (Lipinski definition) is 5. The number of piperidine rings is 1. The molecule has 0 aromatic carbocycles. The van der Waals surface area contributed by atoms with Crippen molar-refractivity contribution in [2.45, 2.75) is 45.8 Å². The molecule has 0 aliphatic carbocycles. The van der Waals surface area contributed by atoms with Crippen molar-refractivity contribution in [3.05, 3.63) is 16.1 Å². The molecule has 1 aromatic heterocycles. The lowest BCUT2D eigenvalue weighted by molar-refractivity contribution is 0.119. The Balaban J connectivity index is 1.87. The number of thiazole rings is 1. The second-order valence-corrected chi connectivity index (χ2v) is 8.07. The highest BCUT2D eigenvalue weighted by Crippen LogP contribution is 2.21. The summed E-state index contributed by atoms with van der Waals surface area (Å²) >= 11 is 1.66. The fourth-order valence-electron chi connectivity index (χ4n) is 3.17. The molecule has 26 heavy (non-hydrogen) atoms. The Hall–Kier alpha value is -1.18. The molecule has 1 saturated heterocycles. The smallest absolute Gasteiger partial charge is 0.194 e. The zero-order valence-corrected chi connectivity index (χ0v) is 17.8. The van der Waals surface area contributed by atoms with Crippen LogP contribution in [-0.2, 0) is 11.3 Å². The lowest BCUT2D eigenvalue weighted by atomic mass is 9.94. The summed E-state index contributed by atoms with van der Waals surface area (Å²) in [4.78, 5) is 14.1. The van der Waals surface area contributed by atoms with E-state index in [4.69, 9.17) is 9.73 Å². The van der Waals surface area contributed by atoms with E-state index in [2.05, 4.69) is 46.5 Å². The molecule has 0 spiro atoms. The van der Waals surface area contributed by atoms with Crippen LogP contribution >= 0.6 is 11.3 Å². The molecule has 2 heterocycles. The summed E-state index contributed by atoms with van der Waals surface area (Å²) in [5.41, 5.74) is 1.07. The van der Waals surface area contributed by atoms with Gasteiger partial charge in [0.15, 0.2) is 5.96 Å². The van der Waals surface area contributed by atoms with Crippen molar-refractivity contribution in [1.82, 2.24) is 20.1 Å². The second-order valence-electron chi connectivity index (χ2n) is 7.18. The van der Waals surface area contributed by atoms with E-state index in [0.717, 1.165) is 42.2 Å². The maximum Gasteiger partial charge on any atom is 0.194 e. The third-order valence-corrected chi connectivity index (χ3v) is 6.06. The normalized spacial score (nSPS) is 18.1. The molecule has 2 rings (SSSR count). The molecule has 1 fully saturated rings. The molecular weight excluding hydrogens is 346 g/mol. The van der Waals surface area contributed by atoms with E-state index in [1.807, 2.05) is 6.92 Å². The van der Waals surface area contributed by atoms with Gasteiger partial charge < -0.3 is 19.9 Å². The molecule has 6 nitrogen and oxygen atoms in total. The maximum atomic E-state index is 5.35. The van der Waals surface area contributed by atoms with Gasteiger partial charge in [0, 0.05) is 32.6 Å². The molecule has 1 aliphatic heterocycles. The van der Waals surface area contributed by atoms with Crippen LogP contribution in [0.5, 0.6) is 0 Å². The molecule has 1 aromatic rings. The van der Waals surface area contributed by atoms with Crippen LogP contribution in [0, 0.1) is 5.92 Å². The highest BCUT2D eigenvalue weighted by atomic mass is 32.1. The van der Waals surface area contributed by atoms with E-state index < -0.39 is 0 Å². The number of likely N-dealkylation sites (tertiary alicyclic amines) is 1. The van der Waals surface area contributed by atoms with Crippen molar-refractivity contribution in [3.8, 4) is 0 Å². The van der Waals surface area contributed by atoms with Crippen LogP contribution in [0.3, 0.4) is 0 Å². The largest absolute Gasteiger partial charge is 0.375 e. The second kappa shape index (κ2) is 10.8. The predicted octanol–water partition coefficient (Wildman–Crippen LogP) is 2.98. The van der Waals surface area contributed by atoms with Gasteiger partial charge in [-0.3, -0.25) is 4.99 Å². The molecule has 1 unspecified atom stereocenters. The topological polar surface area (TPSA) is 53.0 Å². The zero-order chi connectivity index (χ0) is 18.9. The van der Waals surface area contributed by atoms with Crippen molar-refractivity contribution in [3.63, 3.8) is 0 Å². The summed E-state index contributed by atoms with van der Waals surface area (Å²) in [5, 5.41) is 6.55. The fourth-order valence-corrected chi connectivity index (χ4v) is 4.02. The Morgan fingerprint density at radius 1 is 1.50 bits per heavy atom. The lowest BCUT2D eigenvalue weighted by Crippen LogP contribution is -2.38. The number of ether oxygens (including phenoxy) is 1. The molecule has 148 valence electrons. The number of guanidine groups is 1. The number of rotatable bonds is 8. The minimum absolute atomic E-state index is 0.0514. The lowest BCUT2D eigenvalue weighted by Gasteiger charge is -2.28. The molecule has 1 N–H and O–H groups in total. The predicted molar refractivity (Wildman–Crippen MR) is 110 cm³/mol. The Morgan fingerprint density at radius 3 is 2.88 bits per heavy atom. The number of nitrogens with zero attached hydrogens (tertiary/aromatic N) is 4. The molecule has 0 saturated carbocycles. The van der Waals surface area contributed by atoms with Crippen molar-refractivity contribution in [1.29, 1.82) is 0 Å². The molecular formula is C19H35N5OS. The number of aromatic nitrogens is 1. The third kappa shape index (κ3) is 6.52. The Labute approximate surface area is 162 Å². The van der Waals surface area contributed by atoms with E-state index in [1.54, 1.807) is 18.4 Å². The average molecular weight is 382 g/mol. The molecule has 0 bridgehead atoms. The maximum absolute atomic E-state index is 5.35. The first-order chi connectivity index (χ1) is 12.5. The molecule has 0 radical (unpaired) electrons. The quantitative estimate of drug-likeness (QED) is 0.554. The van der Waals surface area contributed by atoms with Gasteiger partial charge in [-0.1, -0.05) is 0 Å². The number of hydrogen-bond donors (Lipinski definition) is 1. The van der Waals surface area contributed by atoms with Gasteiger partial charge in [-0.05, 0) is 59.2 Å². The summed E-state index contributed by atoms with van der Waals surface area (Å²) in [6, 6.07) is 0. The highest BCUT2D eigenvalue weighted by Gasteiger charge is 2.16. The summed E-state index contributed by atoms with van der Waals surface area (Å²) in [7, 11) is 6.01. The fraction of sp³-hybridized carbons (Fsp3) is 0.789. The van der Waals surface area contributed by atoms with Crippen molar-refractivity contribution in [2.75, 3.05) is 47.4 Å². The van der Waals surface area contributed by atoms with Crippen LogP contribution in [0.4, 0.5) is 0 Å². The van der Waals surface area contributed by atoms with Crippen molar-refractivity contribution >= 4 is 17.3 Å². The average Bonchev–Trinajstić information content (AvgIpc) is 3.10. The summed E-state index contributed by atoms with van der Waals surface area (Å²) in [5.74, 6) is 1.79. The minimum Gasteiger partial charge on any atom is -0.375 e. The van der Waals surface area contributed by atoms with E-state index in [-0.39, 0.29) is 6.10 Å². The molecule has 0 amide bonds. The summed E-state index contributed by atoms with van der Waals surface area (Å²) in [6.45, 7) is 9.11. The van der Waals surface area contributed by atoms with Crippen LogP contribution in [-0.4, -0.2) is 68.1 Å². The molecule has 1 aliphatic rings. The summed E-state index contributed by atoms with van der Waals surface area (Å²) in [6.07, 6.45) is 3.84. The standard InChI is InChI=1S/C19H35N5OS/c1-6-20-19(21-10-7-16-8-11-23(3)12-9-16)24(4)13-17-14-26-18(22-17)15(2)25-5/h14-16H,6-13H2,1-5H3,(H,20,21). The van der Waals surface area contributed by atoms with Gasteiger partial charge in [0.2, 0.25) is 0 Å². The van der Waals surface area contributed by atoms with E-state index in [0.29, 0.717) is 0 Å². The van der Waals surface area contributed by atoms with Crippen LogP contribution in [0.25, 0.3) is 0 Å². The number of aliphatic imine (C=N–C) groups is 1. The Morgan fingerprint density at radius 2 is 2.23 bits per heavy atom. The van der Waals surface area contributed by atoms with Crippen LogP contribution in [0.2, 0.25) is 0 Å². The Bertz CT molecular complexity index is 554. The van der Waals surface area contributed by atoms with E-state index in [9.17, 15) is 0 Å². The first-order valence-corrected chi connectivity index (χ1v) is 10.6. The minimum atomic E-state index is 0.0514. The van der Waals surface area contributed by atoms with E-state index >= 15 is 0 Å². The molecule has 1 atom stereocenters. The Kier molecular flexibility index (Phi) is 8.81. The van der Waals surface area contributed by atoms with Crippen LogP contribution < -0.4 is 5.32 Å². The molecule has 7 heteroatoms. The number of methoxy groups -OCH3 is 1. The summed E-state index contributed by atoms with van der Waals surface area (Å²) < 4.78 is 5.35. The van der Waals surface area contributed by atoms with Gasteiger partial charge in [-0.15, -0.1) is 11.3 Å². The van der Waals surface area contributed by atoms with E-state index in [1.165, 1.54) is 32.4 Å². The first kappa shape index (κ1) is 21.1. The van der Waals surface area contributed by atoms with Gasteiger partial charge in [0.1, 0.15) is 11.1 Å². The van der Waals surface area contributed by atoms with Gasteiger partial charge in [-0.2, -0.15) is 0 Å². The van der Waals surface area contributed by atoms with Crippen LogP contribution in [0.1, 0.15) is 49.9 Å². The number of nitrogens with one attached hydrogen (secondary N) is 1. The van der Waals surface area contributed by atoms with Crippen LogP contribution in [0.15, 0.2) is 10.4 Å². The van der Waals surface area contributed by atoms with Gasteiger partial charge in [0.25, 0.3) is 0 Å². The zero-order valence-electron chi connectivity index (χ0n) is 17.0. The highest BCUT2D eigenvalue weighted by molar-refractivity contribution is 7.09. The van der Waals surface area contributed by atoms with Gasteiger partial charge in [0.05, 0.1) is 12.2 Å². The SMILES string of the molecule is CCNC(=NCCC1CCN(C)CC1)N(C)Cc1csc(C(C)OC)n1. The van der Waals surface area contributed by atoms with Gasteiger partial charge >= 0.3 is 0 Å².